The van der Waals surface area contributed by atoms with E-state index in [0.717, 1.165) is 25.9 Å². The second-order valence-electron chi connectivity index (χ2n) is 4.20. The molecule has 1 aliphatic rings. The van der Waals surface area contributed by atoms with Gasteiger partial charge in [0.2, 0.25) is 5.91 Å². The first-order valence-electron chi connectivity index (χ1n) is 5.29. The minimum absolute atomic E-state index is 0.0940. The highest BCUT2D eigenvalue weighted by Crippen LogP contribution is 2.17. The Hall–Kier alpha value is -0.610. The van der Waals surface area contributed by atoms with E-state index in [0.29, 0.717) is 6.04 Å². The third kappa shape index (κ3) is 2.96. The van der Waals surface area contributed by atoms with Crippen molar-refractivity contribution in [2.24, 2.45) is 5.73 Å². The summed E-state index contributed by atoms with van der Waals surface area (Å²) in [6.45, 7) is 1.98. The molecule has 1 amide bonds. The lowest BCUT2D eigenvalue weighted by molar-refractivity contribution is -0.133. The van der Waals surface area contributed by atoms with Gasteiger partial charge in [-0.05, 0) is 33.4 Å². The lowest BCUT2D eigenvalue weighted by Gasteiger charge is -2.37. The lowest BCUT2D eigenvalue weighted by atomic mass is 10.0. The Balaban J connectivity index is 2.54. The maximum Gasteiger partial charge on any atom is 0.236 e. The molecule has 14 heavy (non-hydrogen) atoms. The van der Waals surface area contributed by atoms with Crippen molar-refractivity contribution in [2.45, 2.75) is 25.3 Å². The van der Waals surface area contributed by atoms with Gasteiger partial charge in [-0.15, -0.1) is 0 Å². The number of carbonyl (C=O) groups is 1. The largest absolute Gasteiger partial charge is 0.337 e. The average molecular weight is 199 g/mol. The number of hydrogen-bond donors (Lipinski definition) is 1. The fourth-order valence-electron chi connectivity index (χ4n) is 2.06. The van der Waals surface area contributed by atoms with Gasteiger partial charge in [-0.2, -0.15) is 0 Å². The predicted octanol–water partition coefficient (Wildman–Crippen LogP) is -0.112. The molecule has 0 aromatic carbocycles. The molecular formula is C10H21N3O. The Morgan fingerprint density at radius 2 is 2.21 bits per heavy atom. The number of hydrogen-bond acceptors (Lipinski definition) is 3. The first-order valence-corrected chi connectivity index (χ1v) is 5.29. The van der Waals surface area contributed by atoms with E-state index in [2.05, 4.69) is 4.90 Å². The third-order valence-electron chi connectivity index (χ3n) is 2.70. The van der Waals surface area contributed by atoms with Crippen molar-refractivity contribution in [3.63, 3.8) is 0 Å². The van der Waals surface area contributed by atoms with Crippen LogP contribution >= 0.6 is 0 Å². The van der Waals surface area contributed by atoms with Crippen molar-refractivity contribution in [3.8, 4) is 0 Å². The van der Waals surface area contributed by atoms with Crippen LogP contribution in [0.4, 0.5) is 0 Å². The molecule has 0 aromatic rings. The SMILES string of the molecule is CN(C)CC1CCCCN1C(=O)CN. The van der Waals surface area contributed by atoms with E-state index >= 15 is 0 Å². The number of nitrogens with zero attached hydrogens (tertiary/aromatic N) is 2. The molecule has 0 aromatic heterocycles. The van der Waals surface area contributed by atoms with Crippen molar-refractivity contribution in [3.05, 3.63) is 0 Å². The standard InChI is InChI=1S/C10H21N3O/c1-12(2)8-9-5-3-4-6-13(9)10(14)7-11/h9H,3-8,11H2,1-2H3. The van der Waals surface area contributed by atoms with Crippen LogP contribution in [0.1, 0.15) is 19.3 Å². The number of likely N-dealkylation sites (N-methyl/N-ethyl adjacent to an activating group) is 1. The Morgan fingerprint density at radius 3 is 2.79 bits per heavy atom. The molecule has 1 saturated heterocycles. The normalized spacial score (nSPS) is 22.9. The molecule has 1 unspecified atom stereocenters. The van der Waals surface area contributed by atoms with Crippen LogP contribution in [0.15, 0.2) is 0 Å². The Kier molecular flexibility index (Phi) is 4.35. The first-order chi connectivity index (χ1) is 6.65. The van der Waals surface area contributed by atoms with Crippen LogP contribution in [0.3, 0.4) is 0 Å². The minimum atomic E-state index is 0.0940. The quantitative estimate of drug-likeness (QED) is 0.690. The highest BCUT2D eigenvalue weighted by molar-refractivity contribution is 5.78. The molecule has 1 atom stereocenters. The highest BCUT2D eigenvalue weighted by Gasteiger charge is 2.25. The summed E-state index contributed by atoms with van der Waals surface area (Å²) in [5.74, 6) is 0.0940. The molecule has 4 heteroatoms. The van der Waals surface area contributed by atoms with E-state index in [1.165, 1.54) is 6.42 Å². The van der Waals surface area contributed by atoms with Gasteiger partial charge in [0.25, 0.3) is 0 Å². The van der Waals surface area contributed by atoms with Gasteiger partial charge < -0.3 is 15.5 Å². The molecule has 0 bridgehead atoms. The van der Waals surface area contributed by atoms with E-state index in [9.17, 15) is 4.79 Å². The summed E-state index contributed by atoms with van der Waals surface area (Å²) in [4.78, 5) is 15.6. The van der Waals surface area contributed by atoms with E-state index in [4.69, 9.17) is 5.73 Å². The molecule has 0 radical (unpaired) electrons. The van der Waals surface area contributed by atoms with E-state index < -0.39 is 0 Å². The summed E-state index contributed by atoms with van der Waals surface area (Å²) < 4.78 is 0. The summed E-state index contributed by atoms with van der Waals surface area (Å²) in [6.07, 6.45) is 3.46. The van der Waals surface area contributed by atoms with Crippen LogP contribution in [0.5, 0.6) is 0 Å². The zero-order valence-corrected chi connectivity index (χ0v) is 9.20. The van der Waals surface area contributed by atoms with Crippen molar-refractivity contribution >= 4 is 5.91 Å². The number of amides is 1. The zero-order chi connectivity index (χ0) is 10.6. The number of piperidine rings is 1. The average Bonchev–Trinajstić information content (AvgIpc) is 2.16. The van der Waals surface area contributed by atoms with Gasteiger partial charge in [0.05, 0.1) is 6.54 Å². The monoisotopic (exact) mass is 199 g/mol. The van der Waals surface area contributed by atoms with Gasteiger partial charge in [0.1, 0.15) is 0 Å². The van der Waals surface area contributed by atoms with Gasteiger partial charge in [0, 0.05) is 19.1 Å². The molecule has 1 aliphatic heterocycles. The lowest BCUT2D eigenvalue weighted by Crippen LogP contribution is -2.50. The summed E-state index contributed by atoms with van der Waals surface area (Å²) in [7, 11) is 4.08. The molecule has 82 valence electrons. The van der Waals surface area contributed by atoms with E-state index in [-0.39, 0.29) is 12.5 Å². The topological polar surface area (TPSA) is 49.6 Å². The number of carbonyl (C=O) groups excluding carboxylic acids is 1. The van der Waals surface area contributed by atoms with Crippen molar-refractivity contribution in [1.29, 1.82) is 0 Å². The maximum absolute atomic E-state index is 11.5. The molecular weight excluding hydrogens is 178 g/mol. The smallest absolute Gasteiger partial charge is 0.236 e. The van der Waals surface area contributed by atoms with Gasteiger partial charge in [-0.25, -0.2) is 0 Å². The Morgan fingerprint density at radius 1 is 1.50 bits per heavy atom. The highest BCUT2D eigenvalue weighted by atomic mass is 16.2. The molecule has 2 N–H and O–H groups in total. The predicted molar refractivity (Wildman–Crippen MR) is 57.0 cm³/mol. The van der Waals surface area contributed by atoms with Crippen LogP contribution in [-0.2, 0) is 4.79 Å². The van der Waals surface area contributed by atoms with Crippen LogP contribution in [0, 0.1) is 0 Å². The molecule has 0 saturated carbocycles. The summed E-state index contributed by atoms with van der Waals surface area (Å²) in [5.41, 5.74) is 5.39. The Labute approximate surface area is 86.0 Å². The van der Waals surface area contributed by atoms with Gasteiger partial charge in [0.15, 0.2) is 0 Å². The first kappa shape index (κ1) is 11.5. The van der Waals surface area contributed by atoms with Crippen LogP contribution in [0.25, 0.3) is 0 Å². The minimum Gasteiger partial charge on any atom is -0.337 e. The van der Waals surface area contributed by atoms with Crippen LogP contribution < -0.4 is 5.73 Å². The second-order valence-corrected chi connectivity index (χ2v) is 4.20. The molecule has 4 nitrogen and oxygen atoms in total. The third-order valence-corrected chi connectivity index (χ3v) is 2.70. The molecule has 1 heterocycles. The van der Waals surface area contributed by atoms with Crippen molar-refractivity contribution in [1.82, 2.24) is 9.80 Å². The number of nitrogens with two attached hydrogens (primary N) is 1. The summed E-state index contributed by atoms with van der Waals surface area (Å²) >= 11 is 0. The fraction of sp³-hybridized carbons (Fsp3) is 0.900. The van der Waals surface area contributed by atoms with E-state index in [1.54, 1.807) is 0 Å². The second kappa shape index (κ2) is 5.32. The van der Waals surface area contributed by atoms with Gasteiger partial charge in [-0.1, -0.05) is 0 Å². The zero-order valence-electron chi connectivity index (χ0n) is 9.20. The molecule has 0 aliphatic carbocycles. The maximum atomic E-state index is 11.5. The van der Waals surface area contributed by atoms with Crippen LogP contribution in [0.2, 0.25) is 0 Å². The van der Waals surface area contributed by atoms with Gasteiger partial charge in [-0.3, -0.25) is 4.79 Å². The number of likely N-dealkylation sites (tertiary alicyclic amines) is 1. The van der Waals surface area contributed by atoms with Crippen LogP contribution in [-0.4, -0.2) is 55.5 Å². The molecule has 0 spiro atoms. The summed E-state index contributed by atoms with van der Waals surface area (Å²) in [6, 6.07) is 0.370. The van der Waals surface area contributed by atoms with Crippen molar-refractivity contribution in [2.75, 3.05) is 33.7 Å². The van der Waals surface area contributed by atoms with Gasteiger partial charge >= 0.3 is 0 Å². The Bertz CT molecular complexity index is 194. The molecule has 1 fully saturated rings. The molecule has 1 rings (SSSR count). The van der Waals surface area contributed by atoms with E-state index in [1.807, 2.05) is 19.0 Å². The fourth-order valence-corrected chi connectivity index (χ4v) is 2.06. The van der Waals surface area contributed by atoms with Crippen molar-refractivity contribution < 1.29 is 4.79 Å². The number of rotatable bonds is 3. The summed E-state index contributed by atoms with van der Waals surface area (Å²) in [5, 5.41) is 0.